The van der Waals surface area contributed by atoms with E-state index in [1.165, 1.54) is 109 Å². The standard InChI is InChI=1S/C68H46N2S/c1-67(2)56-27-12-9-23-50(56)54-40-45(32-36-57(54)67)69(46-34-39-63-55(41-46)51-24-11-15-30-62(51)70(63)44-20-7-4-8-21-44)47-33-37-60-65(42-47)71-64-31-16-14-29-59(64)68(60)58-28-13-10-22-49(58)53-26-17-25-52-48(35-38-61(68)66(52)53)43-18-5-3-6-19-43/h3-42H,1-2H3. The van der Waals surface area contributed by atoms with Gasteiger partial charge in [0.2, 0.25) is 0 Å². The SMILES string of the molecule is CC1(C)c2ccccc2-c2cc(N(c3ccc4c(c3)Sc3ccccc3C43c4ccccc4-c4cccc5c(-c6ccccc6)ccc3c45)c3ccc4c(c3)c3ccccc3n4-c3ccccc3)ccc21. The maximum atomic E-state index is 2.51. The van der Waals surface area contributed by atoms with Crippen LogP contribution in [0.25, 0.3) is 71.6 Å². The van der Waals surface area contributed by atoms with Crippen LogP contribution in [0.2, 0.25) is 0 Å². The second-order valence-electron chi connectivity index (χ2n) is 20.0. The summed E-state index contributed by atoms with van der Waals surface area (Å²) in [6.07, 6.45) is 0. The van der Waals surface area contributed by atoms with Gasteiger partial charge in [-0.3, -0.25) is 0 Å². The van der Waals surface area contributed by atoms with Crippen molar-refractivity contribution in [3.05, 3.63) is 276 Å². The Morgan fingerprint density at radius 3 is 1.75 bits per heavy atom. The van der Waals surface area contributed by atoms with Crippen molar-refractivity contribution in [3.63, 3.8) is 0 Å². The average molecular weight is 923 g/mol. The molecule has 11 aromatic carbocycles. The van der Waals surface area contributed by atoms with Crippen LogP contribution in [-0.4, -0.2) is 4.57 Å². The summed E-state index contributed by atoms with van der Waals surface area (Å²) >= 11 is 1.90. The van der Waals surface area contributed by atoms with E-state index in [0.29, 0.717) is 0 Å². The van der Waals surface area contributed by atoms with Crippen molar-refractivity contribution in [3.8, 4) is 39.1 Å². The molecular formula is C68H46N2S. The molecule has 1 unspecified atom stereocenters. The number of aromatic nitrogens is 1. The predicted molar refractivity (Wildman–Crippen MR) is 297 cm³/mol. The van der Waals surface area contributed by atoms with Gasteiger partial charge in [0, 0.05) is 48.7 Å². The van der Waals surface area contributed by atoms with E-state index < -0.39 is 5.41 Å². The highest BCUT2D eigenvalue weighted by Gasteiger charge is 2.49. The molecule has 0 amide bonds. The summed E-state index contributed by atoms with van der Waals surface area (Å²) in [6, 6.07) is 91.2. The summed E-state index contributed by atoms with van der Waals surface area (Å²) in [5.74, 6) is 0. The zero-order chi connectivity index (χ0) is 47.0. The van der Waals surface area contributed by atoms with E-state index in [4.69, 9.17) is 0 Å². The number of nitrogens with zero attached hydrogens (tertiary/aromatic N) is 2. The smallest absolute Gasteiger partial charge is 0.0735 e. The molecule has 1 aromatic heterocycles. The third-order valence-electron chi connectivity index (χ3n) is 16.0. The van der Waals surface area contributed by atoms with Gasteiger partial charge in [-0.2, -0.15) is 0 Å². The largest absolute Gasteiger partial charge is 0.310 e. The van der Waals surface area contributed by atoms with Crippen LogP contribution in [0.3, 0.4) is 0 Å². The normalized spacial score (nSPS) is 15.6. The highest BCUT2D eigenvalue weighted by Crippen LogP contribution is 2.62. The molecule has 2 aliphatic carbocycles. The van der Waals surface area contributed by atoms with Crippen molar-refractivity contribution in [1.82, 2.24) is 4.57 Å². The van der Waals surface area contributed by atoms with E-state index in [1.807, 2.05) is 11.8 Å². The molecule has 0 saturated carbocycles. The Labute approximate surface area is 418 Å². The molecule has 15 rings (SSSR count). The zero-order valence-corrected chi connectivity index (χ0v) is 40.2. The second-order valence-corrected chi connectivity index (χ2v) is 21.0. The van der Waals surface area contributed by atoms with Crippen LogP contribution in [-0.2, 0) is 10.8 Å². The van der Waals surface area contributed by atoms with E-state index in [9.17, 15) is 0 Å². The van der Waals surface area contributed by atoms with E-state index in [2.05, 4.69) is 266 Å². The Morgan fingerprint density at radius 2 is 0.915 bits per heavy atom. The molecule has 3 aliphatic rings. The first-order valence-electron chi connectivity index (χ1n) is 24.7. The number of benzene rings is 11. The summed E-state index contributed by atoms with van der Waals surface area (Å²) < 4.78 is 2.41. The molecule has 71 heavy (non-hydrogen) atoms. The summed E-state index contributed by atoms with van der Waals surface area (Å²) in [7, 11) is 0. The Bertz CT molecular complexity index is 4180. The van der Waals surface area contributed by atoms with Gasteiger partial charge in [0.25, 0.3) is 0 Å². The third kappa shape index (κ3) is 5.61. The molecule has 0 bridgehead atoms. The Balaban J connectivity index is 0.991. The van der Waals surface area contributed by atoms with Gasteiger partial charge in [-0.1, -0.05) is 202 Å². The number of anilines is 3. The molecular weight excluding hydrogens is 877 g/mol. The molecule has 334 valence electrons. The predicted octanol–water partition coefficient (Wildman–Crippen LogP) is 18.2. The van der Waals surface area contributed by atoms with Crippen molar-refractivity contribution in [2.45, 2.75) is 34.5 Å². The van der Waals surface area contributed by atoms with Gasteiger partial charge in [-0.05, 0) is 144 Å². The first-order valence-corrected chi connectivity index (χ1v) is 25.6. The molecule has 0 radical (unpaired) electrons. The Hall–Kier alpha value is -8.37. The molecule has 0 saturated heterocycles. The van der Waals surface area contributed by atoms with Gasteiger partial charge >= 0.3 is 0 Å². The Morgan fingerprint density at radius 1 is 0.352 bits per heavy atom. The van der Waals surface area contributed by atoms with E-state index in [0.717, 1.165) is 22.7 Å². The van der Waals surface area contributed by atoms with Crippen LogP contribution in [0.1, 0.15) is 47.2 Å². The number of hydrogen-bond donors (Lipinski definition) is 0. The maximum Gasteiger partial charge on any atom is 0.0735 e. The number of hydrogen-bond acceptors (Lipinski definition) is 2. The first kappa shape index (κ1) is 40.5. The van der Waals surface area contributed by atoms with Gasteiger partial charge in [0.15, 0.2) is 0 Å². The van der Waals surface area contributed by atoms with Crippen molar-refractivity contribution in [1.29, 1.82) is 0 Å². The molecule has 12 aromatic rings. The zero-order valence-electron chi connectivity index (χ0n) is 39.4. The van der Waals surface area contributed by atoms with Gasteiger partial charge in [-0.25, -0.2) is 0 Å². The topological polar surface area (TPSA) is 8.17 Å². The number of para-hydroxylation sites is 2. The molecule has 2 nitrogen and oxygen atoms in total. The highest BCUT2D eigenvalue weighted by atomic mass is 32.2. The average Bonchev–Trinajstić information content (AvgIpc) is 3.87. The fraction of sp³-hybridized carbons (Fsp3) is 0.0588. The highest BCUT2D eigenvalue weighted by molar-refractivity contribution is 7.99. The van der Waals surface area contributed by atoms with Gasteiger partial charge in [-0.15, -0.1) is 0 Å². The summed E-state index contributed by atoms with van der Waals surface area (Å²) in [4.78, 5) is 5.05. The first-order chi connectivity index (χ1) is 35.0. The third-order valence-corrected chi connectivity index (χ3v) is 17.2. The minimum atomic E-state index is -0.569. The Kier molecular flexibility index (Phi) is 8.60. The molecule has 3 heteroatoms. The van der Waals surface area contributed by atoms with Crippen LogP contribution in [0, 0.1) is 0 Å². The maximum absolute atomic E-state index is 2.51. The fourth-order valence-electron chi connectivity index (χ4n) is 13.0. The lowest BCUT2D eigenvalue weighted by Crippen LogP contribution is -2.36. The lowest BCUT2D eigenvalue weighted by Gasteiger charge is -2.46. The van der Waals surface area contributed by atoms with Crippen LogP contribution in [0.15, 0.2) is 252 Å². The van der Waals surface area contributed by atoms with Crippen molar-refractivity contribution in [2.75, 3.05) is 4.90 Å². The fourth-order valence-corrected chi connectivity index (χ4v) is 14.2. The second kappa shape index (κ2) is 15.1. The van der Waals surface area contributed by atoms with Crippen LogP contribution < -0.4 is 4.90 Å². The molecule has 1 aliphatic heterocycles. The van der Waals surface area contributed by atoms with Crippen LogP contribution >= 0.6 is 11.8 Å². The minimum Gasteiger partial charge on any atom is -0.310 e. The number of rotatable bonds is 5. The van der Waals surface area contributed by atoms with Crippen molar-refractivity contribution < 1.29 is 0 Å². The molecule has 0 N–H and O–H groups in total. The van der Waals surface area contributed by atoms with Gasteiger partial charge < -0.3 is 9.47 Å². The molecule has 0 fully saturated rings. The van der Waals surface area contributed by atoms with E-state index >= 15 is 0 Å². The van der Waals surface area contributed by atoms with E-state index in [-0.39, 0.29) is 5.41 Å². The monoisotopic (exact) mass is 922 g/mol. The molecule has 2 heterocycles. The lowest BCUT2D eigenvalue weighted by molar-refractivity contribution is 0.660. The quantitative estimate of drug-likeness (QED) is 0.170. The van der Waals surface area contributed by atoms with Crippen LogP contribution in [0.4, 0.5) is 17.1 Å². The summed E-state index contributed by atoms with van der Waals surface area (Å²) in [6.45, 7) is 4.73. The van der Waals surface area contributed by atoms with Gasteiger partial charge in [0.05, 0.1) is 16.4 Å². The summed E-state index contributed by atoms with van der Waals surface area (Å²) in [5, 5.41) is 5.07. The van der Waals surface area contributed by atoms with Gasteiger partial charge in [0.1, 0.15) is 0 Å². The van der Waals surface area contributed by atoms with Crippen molar-refractivity contribution >= 4 is 61.4 Å². The minimum absolute atomic E-state index is 0.0999. The summed E-state index contributed by atoms with van der Waals surface area (Å²) in [5.41, 5.74) is 22.0. The lowest BCUT2D eigenvalue weighted by atomic mass is 9.59. The molecule has 1 spiro atoms. The van der Waals surface area contributed by atoms with Crippen LogP contribution in [0.5, 0.6) is 0 Å². The molecule has 1 atom stereocenters. The van der Waals surface area contributed by atoms with E-state index in [1.54, 1.807) is 0 Å². The number of fused-ring (bicyclic) bond motifs is 14. The van der Waals surface area contributed by atoms with Crippen molar-refractivity contribution in [2.24, 2.45) is 0 Å².